The lowest BCUT2D eigenvalue weighted by atomic mass is 9.80. The SMILES string of the molecule is CC(C)CN1CCC2CN(C)CCC2C1. The highest BCUT2D eigenvalue weighted by atomic mass is 15.2. The summed E-state index contributed by atoms with van der Waals surface area (Å²) in [5.41, 5.74) is 0. The number of hydrogen-bond donors (Lipinski definition) is 0. The molecule has 2 aliphatic heterocycles. The number of rotatable bonds is 2. The zero-order valence-corrected chi connectivity index (χ0v) is 10.6. The normalized spacial score (nSPS) is 34.4. The predicted molar refractivity (Wildman–Crippen MR) is 65.0 cm³/mol. The number of nitrogens with zero attached hydrogens (tertiary/aromatic N) is 2. The molecule has 88 valence electrons. The summed E-state index contributed by atoms with van der Waals surface area (Å²) in [4.78, 5) is 5.20. The van der Waals surface area contributed by atoms with Crippen LogP contribution >= 0.6 is 0 Å². The van der Waals surface area contributed by atoms with Gasteiger partial charge in [0.05, 0.1) is 0 Å². The lowest BCUT2D eigenvalue weighted by molar-refractivity contribution is 0.0480. The largest absolute Gasteiger partial charge is 0.306 e. The van der Waals surface area contributed by atoms with Gasteiger partial charge >= 0.3 is 0 Å². The van der Waals surface area contributed by atoms with E-state index in [1.54, 1.807) is 0 Å². The molecule has 2 rings (SSSR count). The van der Waals surface area contributed by atoms with Crippen LogP contribution in [0.25, 0.3) is 0 Å². The van der Waals surface area contributed by atoms with E-state index in [9.17, 15) is 0 Å². The van der Waals surface area contributed by atoms with Crippen molar-refractivity contribution >= 4 is 0 Å². The molecule has 0 amide bonds. The number of likely N-dealkylation sites (tertiary alicyclic amines) is 2. The molecule has 2 heterocycles. The van der Waals surface area contributed by atoms with E-state index in [1.807, 2.05) is 0 Å². The first-order chi connectivity index (χ1) is 7.15. The molecule has 0 aliphatic carbocycles. The zero-order chi connectivity index (χ0) is 10.8. The smallest absolute Gasteiger partial charge is 0.00134 e. The highest BCUT2D eigenvalue weighted by Crippen LogP contribution is 2.30. The second-order valence-electron chi connectivity index (χ2n) is 6.01. The topological polar surface area (TPSA) is 6.48 Å². The van der Waals surface area contributed by atoms with Gasteiger partial charge < -0.3 is 9.80 Å². The summed E-state index contributed by atoms with van der Waals surface area (Å²) >= 11 is 0. The van der Waals surface area contributed by atoms with Crippen LogP contribution in [0.15, 0.2) is 0 Å². The molecule has 0 spiro atoms. The standard InChI is InChI=1S/C13H26N2/c1-11(2)8-15-7-5-12-9-14(3)6-4-13(12)10-15/h11-13H,4-10H2,1-3H3. The molecule has 0 bridgehead atoms. The van der Waals surface area contributed by atoms with Gasteiger partial charge in [0.25, 0.3) is 0 Å². The van der Waals surface area contributed by atoms with Gasteiger partial charge in [0.15, 0.2) is 0 Å². The van der Waals surface area contributed by atoms with E-state index < -0.39 is 0 Å². The van der Waals surface area contributed by atoms with Gasteiger partial charge in [-0.15, -0.1) is 0 Å². The Bertz CT molecular complexity index is 203. The van der Waals surface area contributed by atoms with Crippen molar-refractivity contribution in [2.24, 2.45) is 17.8 Å². The van der Waals surface area contributed by atoms with Crippen molar-refractivity contribution in [3.63, 3.8) is 0 Å². The van der Waals surface area contributed by atoms with Crippen molar-refractivity contribution in [1.82, 2.24) is 9.80 Å². The molecule has 2 nitrogen and oxygen atoms in total. The van der Waals surface area contributed by atoms with E-state index >= 15 is 0 Å². The molecule has 0 radical (unpaired) electrons. The molecule has 2 unspecified atom stereocenters. The van der Waals surface area contributed by atoms with Crippen LogP contribution in [0.2, 0.25) is 0 Å². The van der Waals surface area contributed by atoms with Crippen molar-refractivity contribution in [2.45, 2.75) is 26.7 Å². The Balaban J connectivity index is 1.84. The van der Waals surface area contributed by atoms with Crippen LogP contribution < -0.4 is 0 Å². The summed E-state index contributed by atoms with van der Waals surface area (Å²) < 4.78 is 0. The van der Waals surface area contributed by atoms with E-state index in [0.29, 0.717) is 0 Å². The molecular formula is C13H26N2. The molecule has 2 heteroatoms. The first-order valence-electron chi connectivity index (χ1n) is 6.56. The van der Waals surface area contributed by atoms with Crippen LogP contribution in [0.5, 0.6) is 0 Å². The molecule has 0 aromatic carbocycles. The molecule has 15 heavy (non-hydrogen) atoms. The third kappa shape index (κ3) is 2.94. The fourth-order valence-electron chi connectivity index (χ4n) is 3.28. The molecule has 0 aromatic rings. The molecular weight excluding hydrogens is 184 g/mol. The van der Waals surface area contributed by atoms with Crippen molar-refractivity contribution in [3.8, 4) is 0 Å². The van der Waals surface area contributed by atoms with Gasteiger partial charge in [0.1, 0.15) is 0 Å². The lowest BCUT2D eigenvalue weighted by Crippen LogP contribution is -2.49. The fraction of sp³-hybridized carbons (Fsp3) is 1.00. The van der Waals surface area contributed by atoms with E-state index in [-0.39, 0.29) is 0 Å². The van der Waals surface area contributed by atoms with Crippen LogP contribution in [0.4, 0.5) is 0 Å². The second kappa shape index (κ2) is 4.84. The van der Waals surface area contributed by atoms with Gasteiger partial charge in [-0.3, -0.25) is 0 Å². The van der Waals surface area contributed by atoms with Crippen molar-refractivity contribution in [1.29, 1.82) is 0 Å². The summed E-state index contributed by atoms with van der Waals surface area (Å²) in [6.45, 7) is 11.3. The van der Waals surface area contributed by atoms with Gasteiger partial charge in [-0.1, -0.05) is 13.8 Å². The Labute approximate surface area is 94.6 Å². The summed E-state index contributed by atoms with van der Waals surface area (Å²) in [6, 6.07) is 0. The fourth-order valence-corrected chi connectivity index (χ4v) is 3.28. The van der Waals surface area contributed by atoms with E-state index in [2.05, 4.69) is 30.7 Å². The first kappa shape index (κ1) is 11.4. The maximum atomic E-state index is 2.69. The van der Waals surface area contributed by atoms with E-state index in [1.165, 1.54) is 45.6 Å². The second-order valence-corrected chi connectivity index (χ2v) is 6.01. The van der Waals surface area contributed by atoms with Gasteiger partial charge in [-0.05, 0) is 50.7 Å². The summed E-state index contributed by atoms with van der Waals surface area (Å²) in [5.74, 6) is 2.81. The monoisotopic (exact) mass is 210 g/mol. The van der Waals surface area contributed by atoms with Gasteiger partial charge in [0.2, 0.25) is 0 Å². The minimum atomic E-state index is 0.827. The van der Waals surface area contributed by atoms with Gasteiger partial charge in [-0.25, -0.2) is 0 Å². The third-order valence-electron chi connectivity index (χ3n) is 4.03. The summed E-state index contributed by atoms with van der Waals surface area (Å²) in [6.07, 6.45) is 2.86. The Morgan fingerprint density at radius 3 is 2.47 bits per heavy atom. The predicted octanol–water partition coefficient (Wildman–Crippen LogP) is 1.92. The summed E-state index contributed by atoms with van der Waals surface area (Å²) in [5, 5.41) is 0. The molecule has 0 aromatic heterocycles. The Hall–Kier alpha value is -0.0800. The first-order valence-corrected chi connectivity index (χ1v) is 6.56. The van der Waals surface area contributed by atoms with Crippen LogP contribution in [0, 0.1) is 17.8 Å². The highest BCUT2D eigenvalue weighted by Gasteiger charge is 2.32. The zero-order valence-electron chi connectivity index (χ0n) is 10.6. The number of fused-ring (bicyclic) bond motifs is 1. The average Bonchev–Trinajstić information content (AvgIpc) is 2.17. The Morgan fingerprint density at radius 1 is 1.07 bits per heavy atom. The highest BCUT2D eigenvalue weighted by molar-refractivity contribution is 4.86. The molecule has 2 aliphatic rings. The van der Waals surface area contributed by atoms with Crippen molar-refractivity contribution in [2.75, 3.05) is 39.8 Å². The Kier molecular flexibility index (Phi) is 3.68. The number of hydrogen-bond acceptors (Lipinski definition) is 2. The summed E-state index contributed by atoms with van der Waals surface area (Å²) in [7, 11) is 2.27. The maximum absolute atomic E-state index is 2.69. The quantitative estimate of drug-likeness (QED) is 0.687. The van der Waals surface area contributed by atoms with E-state index in [4.69, 9.17) is 0 Å². The molecule has 0 N–H and O–H groups in total. The molecule has 0 saturated carbocycles. The van der Waals surface area contributed by atoms with Crippen molar-refractivity contribution < 1.29 is 0 Å². The van der Waals surface area contributed by atoms with Crippen LogP contribution in [-0.4, -0.2) is 49.6 Å². The van der Waals surface area contributed by atoms with Crippen LogP contribution in [-0.2, 0) is 0 Å². The molecule has 2 saturated heterocycles. The van der Waals surface area contributed by atoms with Gasteiger partial charge in [-0.2, -0.15) is 0 Å². The minimum Gasteiger partial charge on any atom is -0.306 e. The molecule has 2 atom stereocenters. The third-order valence-corrected chi connectivity index (χ3v) is 4.03. The van der Waals surface area contributed by atoms with E-state index in [0.717, 1.165) is 17.8 Å². The van der Waals surface area contributed by atoms with Gasteiger partial charge in [0, 0.05) is 19.6 Å². The van der Waals surface area contributed by atoms with Crippen LogP contribution in [0.1, 0.15) is 26.7 Å². The Morgan fingerprint density at radius 2 is 1.73 bits per heavy atom. The van der Waals surface area contributed by atoms with Crippen molar-refractivity contribution in [3.05, 3.63) is 0 Å². The molecule has 2 fully saturated rings. The average molecular weight is 210 g/mol. The maximum Gasteiger partial charge on any atom is 0.00134 e. The minimum absolute atomic E-state index is 0.827. The lowest BCUT2D eigenvalue weighted by Gasteiger charge is -2.44. The number of piperidine rings is 2. The van der Waals surface area contributed by atoms with Crippen LogP contribution in [0.3, 0.4) is 0 Å².